The fraction of sp³-hybridized carbons (Fsp3) is 0.923. The molecule has 0 aromatic rings. The molecule has 0 aromatic carbocycles. The van der Waals surface area contributed by atoms with Crippen molar-refractivity contribution in [1.82, 2.24) is 10.2 Å². The van der Waals surface area contributed by atoms with Crippen molar-refractivity contribution in [3.63, 3.8) is 0 Å². The topological polar surface area (TPSA) is 52.6 Å². The van der Waals surface area contributed by atoms with Crippen LogP contribution in [0.15, 0.2) is 0 Å². The number of rotatable bonds is 8. The molecule has 0 spiro atoms. The van der Waals surface area contributed by atoms with Gasteiger partial charge in [-0.1, -0.05) is 27.7 Å². The molecule has 0 aliphatic carbocycles. The third-order valence-electron chi connectivity index (χ3n) is 2.96. The van der Waals surface area contributed by atoms with E-state index in [0.717, 1.165) is 13.1 Å². The highest BCUT2D eigenvalue weighted by Crippen LogP contribution is 2.18. The van der Waals surface area contributed by atoms with Crippen LogP contribution in [0.2, 0.25) is 0 Å². The van der Waals surface area contributed by atoms with Crippen LogP contribution in [0.4, 0.5) is 0 Å². The van der Waals surface area contributed by atoms with Crippen LogP contribution in [0.5, 0.6) is 0 Å². The molecule has 1 amide bonds. The smallest absolute Gasteiger partial charge is 0.227 e. The van der Waals surface area contributed by atoms with Crippen molar-refractivity contribution in [2.75, 3.05) is 19.6 Å². The van der Waals surface area contributed by atoms with Gasteiger partial charge in [-0.3, -0.25) is 9.69 Å². The number of carbonyl (C=O) groups is 1. The lowest BCUT2D eigenvalue weighted by molar-refractivity contribution is -0.135. The summed E-state index contributed by atoms with van der Waals surface area (Å²) in [5.74, 6) is 0.0169. The maximum absolute atomic E-state index is 12.0. The zero-order chi connectivity index (χ0) is 13.4. The second kappa shape index (κ2) is 8.48. The molecule has 0 radical (unpaired) electrons. The van der Waals surface area contributed by atoms with Crippen LogP contribution in [-0.2, 0) is 4.79 Å². The average molecular weight is 244 g/mol. The quantitative estimate of drug-likeness (QED) is 0.635. The maximum atomic E-state index is 12.0. The molecule has 0 bridgehead atoms. The first kappa shape index (κ1) is 16.4. The van der Waals surface area contributed by atoms with E-state index in [0.29, 0.717) is 18.9 Å². The van der Waals surface area contributed by atoms with E-state index in [2.05, 4.69) is 19.2 Å². The first-order valence-corrected chi connectivity index (χ1v) is 6.67. The van der Waals surface area contributed by atoms with Crippen LogP contribution < -0.4 is 5.32 Å². The summed E-state index contributed by atoms with van der Waals surface area (Å²) in [5.41, 5.74) is 0. The van der Waals surface area contributed by atoms with Gasteiger partial charge in [0.15, 0.2) is 0 Å². The van der Waals surface area contributed by atoms with E-state index >= 15 is 0 Å². The Hall–Kier alpha value is -0.610. The van der Waals surface area contributed by atoms with Crippen LogP contribution in [0, 0.1) is 11.8 Å². The highest BCUT2D eigenvalue weighted by Gasteiger charge is 2.30. The molecule has 17 heavy (non-hydrogen) atoms. The van der Waals surface area contributed by atoms with Gasteiger partial charge < -0.3 is 10.4 Å². The average Bonchev–Trinajstić information content (AvgIpc) is 2.27. The van der Waals surface area contributed by atoms with Crippen LogP contribution in [0.1, 0.15) is 41.0 Å². The van der Waals surface area contributed by atoms with E-state index in [1.165, 1.54) is 0 Å². The van der Waals surface area contributed by atoms with Crippen molar-refractivity contribution in [1.29, 1.82) is 0 Å². The van der Waals surface area contributed by atoms with Gasteiger partial charge in [0.05, 0.1) is 5.92 Å². The van der Waals surface area contributed by atoms with E-state index in [4.69, 9.17) is 0 Å². The lowest BCUT2D eigenvalue weighted by atomic mass is 9.94. The molecular weight excluding hydrogens is 216 g/mol. The van der Waals surface area contributed by atoms with Gasteiger partial charge >= 0.3 is 0 Å². The van der Waals surface area contributed by atoms with Crippen molar-refractivity contribution in [2.24, 2.45) is 11.8 Å². The fourth-order valence-electron chi connectivity index (χ4n) is 2.03. The van der Waals surface area contributed by atoms with Crippen molar-refractivity contribution >= 4 is 5.91 Å². The first-order valence-electron chi connectivity index (χ1n) is 6.67. The minimum atomic E-state index is -0.682. The summed E-state index contributed by atoms with van der Waals surface area (Å²) in [6.07, 6.45) is 0.0303. The van der Waals surface area contributed by atoms with Crippen LogP contribution >= 0.6 is 0 Å². The minimum Gasteiger partial charge on any atom is -0.378 e. The molecule has 4 heteroatoms. The molecular formula is C13H28N2O2. The van der Waals surface area contributed by atoms with Crippen LogP contribution in [-0.4, -0.2) is 41.8 Å². The predicted molar refractivity (Wildman–Crippen MR) is 70.6 cm³/mol. The predicted octanol–water partition coefficient (Wildman–Crippen LogP) is 1.44. The summed E-state index contributed by atoms with van der Waals surface area (Å²) in [7, 11) is 0. The van der Waals surface area contributed by atoms with Crippen molar-refractivity contribution in [3.05, 3.63) is 0 Å². The number of hydrogen-bond donors (Lipinski definition) is 2. The Labute approximate surface area is 105 Å². The molecule has 2 N–H and O–H groups in total. The zero-order valence-corrected chi connectivity index (χ0v) is 11.9. The first-order chi connectivity index (χ1) is 7.97. The summed E-state index contributed by atoms with van der Waals surface area (Å²) in [4.78, 5) is 13.9. The summed E-state index contributed by atoms with van der Waals surface area (Å²) >= 11 is 0. The van der Waals surface area contributed by atoms with Gasteiger partial charge in [0.25, 0.3) is 0 Å². The van der Waals surface area contributed by atoms with E-state index in [-0.39, 0.29) is 11.8 Å². The molecule has 2 atom stereocenters. The van der Waals surface area contributed by atoms with Crippen molar-refractivity contribution in [2.45, 2.75) is 47.3 Å². The van der Waals surface area contributed by atoms with Gasteiger partial charge in [-0.25, -0.2) is 0 Å². The monoisotopic (exact) mass is 244 g/mol. The molecule has 0 rings (SSSR count). The lowest BCUT2D eigenvalue weighted by Gasteiger charge is -2.31. The van der Waals surface area contributed by atoms with Gasteiger partial charge in [-0.2, -0.15) is 0 Å². The van der Waals surface area contributed by atoms with E-state index in [9.17, 15) is 9.90 Å². The highest BCUT2D eigenvalue weighted by atomic mass is 16.3. The number of nitrogens with one attached hydrogen (secondary N) is 1. The normalized spacial score (nSPS) is 15.1. The van der Waals surface area contributed by atoms with Crippen LogP contribution in [0.3, 0.4) is 0 Å². The number of aliphatic hydroxyl groups excluding tert-OH is 1. The molecule has 0 aliphatic rings. The number of aliphatic hydroxyl groups is 1. The third-order valence-corrected chi connectivity index (χ3v) is 2.96. The molecule has 0 saturated heterocycles. The summed E-state index contributed by atoms with van der Waals surface area (Å²) in [6.45, 7) is 12.2. The van der Waals surface area contributed by atoms with E-state index in [1.807, 2.05) is 25.7 Å². The molecule has 0 aliphatic heterocycles. The zero-order valence-electron chi connectivity index (χ0n) is 11.9. The molecule has 0 aromatic heterocycles. The van der Waals surface area contributed by atoms with E-state index in [1.54, 1.807) is 0 Å². The van der Waals surface area contributed by atoms with Gasteiger partial charge in [0.1, 0.15) is 6.23 Å². The number of hydrogen-bond acceptors (Lipinski definition) is 3. The lowest BCUT2D eigenvalue weighted by Crippen LogP contribution is -2.47. The summed E-state index contributed by atoms with van der Waals surface area (Å²) < 4.78 is 0. The Morgan fingerprint density at radius 1 is 1.24 bits per heavy atom. The largest absolute Gasteiger partial charge is 0.378 e. The number of carbonyl (C=O) groups excluding carboxylic acids is 1. The Kier molecular flexibility index (Phi) is 8.17. The van der Waals surface area contributed by atoms with E-state index < -0.39 is 6.23 Å². The Balaban J connectivity index is 4.70. The van der Waals surface area contributed by atoms with Gasteiger partial charge in [0.2, 0.25) is 5.91 Å². The highest BCUT2D eigenvalue weighted by molar-refractivity contribution is 5.79. The maximum Gasteiger partial charge on any atom is 0.227 e. The van der Waals surface area contributed by atoms with Gasteiger partial charge in [-0.05, 0) is 32.4 Å². The fourth-order valence-corrected chi connectivity index (χ4v) is 2.03. The van der Waals surface area contributed by atoms with Gasteiger partial charge in [-0.15, -0.1) is 0 Å². The van der Waals surface area contributed by atoms with Gasteiger partial charge in [0, 0.05) is 6.54 Å². The SMILES string of the molecule is CCNC(=O)C(CC(C)C)C(O)N(CC)CC. The minimum absolute atomic E-state index is 0.0411. The Morgan fingerprint density at radius 2 is 1.76 bits per heavy atom. The molecule has 0 fully saturated rings. The number of amides is 1. The second-order valence-electron chi connectivity index (χ2n) is 4.77. The third kappa shape index (κ3) is 5.50. The van der Waals surface area contributed by atoms with Crippen molar-refractivity contribution < 1.29 is 9.90 Å². The molecule has 2 unspecified atom stereocenters. The number of nitrogens with zero attached hydrogens (tertiary/aromatic N) is 1. The summed E-state index contributed by atoms with van der Waals surface area (Å²) in [5, 5.41) is 13.1. The molecule has 102 valence electrons. The standard InChI is InChI=1S/C13H28N2O2/c1-6-14-12(16)11(9-10(4)5)13(17)15(7-2)8-3/h10-11,13,17H,6-9H2,1-5H3,(H,14,16). The molecule has 4 nitrogen and oxygen atoms in total. The Bertz CT molecular complexity index is 215. The molecule has 0 saturated carbocycles. The van der Waals surface area contributed by atoms with Crippen LogP contribution in [0.25, 0.3) is 0 Å². The van der Waals surface area contributed by atoms with Crippen molar-refractivity contribution in [3.8, 4) is 0 Å². The second-order valence-corrected chi connectivity index (χ2v) is 4.77. The molecule has 0 heterocycles. The summed E-state index contributed by atoms with van der Waals surface area (Å²) in [6, 6.07) is 0. The Morgan fingerprint density at radius 3 is 2.12 bits per heavy atom.